The Labute approximate surface area is 188 Å². The van der Waals surface area contributed by atoms with Gasteiger partial charge >= 0.3 is 0 Å². The highest BCUT2D eigenvalue weighted by Crippen LogP contribution is 2.42. The van der Waals surface area contributed by atoms with Crippen molar-refractivity contribution in [1.82, 2.24) is 10.3 Å². The highest BCUT2D eigenvalue weighted by molar-refractivity contribution is 6.33. The Kier molecular flexibility index (Phi) is 7.20. The molecule has 2 atom stereocenters. The zero-order valence-corrected chi connectivity index (χ0v) is 18.6. The molecule has 1 aliphatic heterocycles. The van der Waals surface area contributed by atoms with Crippen molar-refractivity contribution in [1.29, 1.82) is 0 Å². The SMILES string of the molecule is COCCCC[C@@](O)(c1cccc(Cl)c1-c1cnc2ccccc2c1)[C@H]1CNCCO1. The summed E-state index contributed by atoms with van der Waals surface area (Å²) in [7, 11) is 1.70. The summed E-state index contributed by atoms with van der Waals surface area (Å²) in [5, 5.41) is 17.1. The molecule has 1 aliphatic rings. The third-order valence-corrected chi connectivity index (χ3v) is 6.29. The van der Waals surface area contributed by atoms with Crippen LogP contribution < -0.4 is 5.32 Å². The van der Waals surface area contributed by atoms with Gasteiger partial charge in [0.1, 0.15) is 11.7 Å². The van der Waals surface area contributed by atoms with Crippen molar-refractivity contribution in [2.24, 2.45) is 0 Å². The normalized spacial score (nSPS) is 18.7. The Morgan fingerprint density at radius 1 is 1.23 bits per heavy atom. The fourth-order valence-electron chi connectivity index (χ4n) is 4.37. The van der Waals surface area contributed by atoms with Crippen LogP contribution in [0.25, 0.3) is 22.0 Å². The van der Waals surface area contributed by atoms with Gasteiger partial charge in [-0.1, -0.05) is 41.9 Å². The second-order valence-corrected chi connectivity index (χ2v) is 8.42. The Morgan fingerprint density at radius 3 is 2.90 bits per heavy atom. The summed E-state index contributed by atoms with van der Waals surface area (Å²) >= 11 is 6.73. The lowest BCUT2D eigenvalue weighted by atomic mass is 9.79. The van der Waals surface area contributed by atoms with Crippen LogP contribution in [-0.4, -0.2) is 49.6 Å². The van der Waals surface area contributed by atoms with Gasteiger partial charge in [0.25, 0.3) is 0 Å². The van der Waals surface area contributed by atoms with Gasteiger partial charge in [-0.3, -0.25) is 4.98 Å². The van der Waals surface area contributed by atoms with E-state index in [-0.39, 0.29) is 6.10 Å². The lowest BCUT2D eigenvalue weighted by molar-refractivity contribution is -0.129. The molecule has 2 heterocycles. The molecule has 5 nitrogen and oxygen atoms in total. The zero-order valence-electron chi connectivity index (χ0n) is 17.8. The van der Waals surface area contributed by atoms with Gasteiger partial charge in [-0.15, -0.1) is 0 Å². The number of nitrogens with zero attached hydrogens (tertiary/aromatic N) is 1. The van der Waals surface area contributed by atoms with Crippen molar-refractivity contribution < 1.29 is 14.6 Å². The number of halogens is 1. The van der Waals surface area contributed by atoms with E-state index in [1.807, 2.05) is 48.7 Å². The van der Waals surface area contributed by atoms with E-state index in [0.717, 1.165) is 47.0 Å². The molecule has 0 aliphatic carbocycles. The molecule has 6 heteroatoms. The minimum Gasteiger partial charge on any atom is -0.385 e. The first-order chi connectivity index (χ1) is 15.1. The average molecular weight is 441 g/mol. The third-order valence-electron chi connectivity index (χ3n) is 5.98. The number of para-hydroxylation sites is 1. The Morgan fingerprint density at radius 2 is 2.10 bits per heavy atom. The summed E-state index contributed by atoms with van der Waals surface area (Å²) in [4.78, 5) is 4.62. The van der Waals surface area contributed by atoms with Gasteiger partial charge in [-0.2, -0.15) is 0 Å². The molecule has 0 bridgehead atoms. The highest BCUT2D eigenvalue weighted by atomic mass is 35.5. The number of aliphatic hydroxyl groups is 1. The van der Waals surface area contributed by atoms with Crippen LogP contribution in [0, 0.1) is 0 Å². The van der Waals surface area contributed by atoms with Crippen molar-refractivity contribution in [3.8, 4) is 11.1 Å². The Balaban J connectivity index is 1.80. The first-order valence-electron chi connectivity index (χ1n) is 10.8. The van der Waals surface area contributed by atoms with Gasteiger partial charge in [0.05, 0.1) is 12.1 Å². The molecular formula is C25H29ClN2O3. The maximum Gasteiger partial charge on any atom is 0.118 e. The molecule has 0 radical (unpaired) electrons. The number of hydrogen-bond acceptors (Lipinski definition) is 5. The van der Waals surface area contributed by atoms with Crippen molar-refractivity contribution in [2.45, 2.75) is 31.0 Å². The van der Waals surface area contributed by atoms with E-state index < -0.39 is 5.60 Å². The van der Waals surface area contributed by atoms with Gasteiger partial charge < -0.3 is 19.9 Å². The minimum atomic E-state index is -1.19. The van der Waals surface area contributed by atoms with Crippen LogP contribution in [0.4, 0.5) is 0 Å². The first kappa shape index (κ1) is 22.2. The van der Waals surface area contributed by atoms with Gasteiger partial charge in [0.2, 0.25) is 0 Å². The Hall–Kier alpha value is -2.02. The molecule has 164 valence electrons. The monoisotopic (exact) mass is 440 g/mol. The van der Waals surface area contributed by atoms with Crippen molar-refractivity contribution >= 4 is 22.5 Å². The molecule has 3 aromatic rings. The molecule has 1 fully saturated rings. The number of unbranched alkanes of at least 4 members (excludes halogenated alkanes) is 1. The molecule has 4 rings (SSSR count). The van der Waals surface area contributed by atoms with Gasteiger partial charge in [0.15, 0.2) is 0 Å². The third kappa shape index (κ3) is 4.76. The number of benzene rings is 2. The van der Waals surface area contributed by atoms with E-state index in [1.54, 1.807) is 7.11 Å². The first-order valence-corrected chi connectivity index (χ1v) is 11.2. The van der Waals surface area contributed by atoms with E-state index >= 15 is 0 Å². The summed E-state index contributed by atoms with van der Waals surface area (Å²) in [6.07, 6.45) is 3.70. The fourth-order valence-corrected chi connectivity index (χ4v) is 4.65. The summed E-state index contributed by atoms with van der Waals surface area (Å²) in [6, 6.07) is 15.8. The van der Waals surface area contributed by atoms with E-state index in [2.05, 4.69) is 16.4 Å². The number of pyridine rings is 1. The van der Waals surface area contributed by atoms with Crippen LogP contribution in [0.1, 0.15) is 24.8 Å². The van der Waals surface area contributed by atoms with Crippen LogP contribution in [-0.2, 0) is 15.1 Å². The largest absolute Gasteiger partial charge is 0.385 e. The van der Waals surface area contributed by atoms with Gasteiger partial charge in [-0.25, -0.2) is 0 Å². The summed E-state index contributed by atoms with van der Waals surface area (Å²) in [5.74, 6) is 0. The molecule has 2 aromatic carbocycles. The average Bonchev–Trinajstić information content (AvgIpc) is 2.82. The van der Waals surface area contributed by atoms with E-state index in [1.165, 1.54) is 0 Å². The van der Waals surface area contributed by atoms with E-state index in [4.69, 9.17) is 21.1 Å². The molecule has 31 heavy (non-hydrogen) atoms. The molecule has 1 aromatic heterocycles. The van der Waals surface area contributed by atoms with Crippen LogP contribution >= 0.6 is 11.6 Å². The number of ether oxygens (including phenoxy) is 2. The number of fused-ring (bicyclic) bond motifs is 1. The number of methoxy groups -OCH3 is 1. The van der Waals surface area contributed by atoms with Crippen LogP contribution in [0.2, 0.25) is 5.02 Å². The number of nitrogens with one attached hydrogen (secondary N) is 1. The molecule has 0 unspecified atom stereocenters. The van der Waals surface area contributed by atoms with Crippen molar-refractivity contribution in [3.05, 3.63) is 65.3 Å². The number of morpholine rings is 1. The molecule has 2 N–H and O–H groups in total. The summed E-state index contributed by atoms with van der Waals surface area (Å²) in [6.45, 7) is 2.60. The Bertz CT molecular complexity index is 1020. The van der Waals surface area contributed by atoms with Gasteiger partial charge in [-0.05, 0) is 43.0 Å². The maximum absolute atomic E-state index is 12.1. The van der Waals surface area contributed by atoms with Gasteiger partial charge in [0, 0.05) is 54.5 Å². The number of rotatable bonds is 8. The van der Waals surface area contributed by atoms with E-state index in [0.29, 0.717) is 31.2 Å². The van der Waals surface area contributed by atoms with Crippen LogP contribution in [0.15, 0.2) is 54.7 Å². The minimum absolute atomic E-state index is 0.366. The maximum atomic E-state index is 12.1. The lowest BCUT2D eigenvalue weighted by Crippen LogP contribution is -2.51. The second-order valence-electron chi connectivity index (χ2n) is 8.02. The highest BCUT2D eigenvalue weighted by Gasteiger charge is 2.42. The molecular weight excluding hydrogens is 412 g/mol. The molecule has 0 saturated carbocycles. The zero-order chi connectivity index (χ0) is 21.7. The van der Waals surface area contributed by atoms with Crippen molar-refractivity contribution in [3.63, 3.8) is 0 Å². The van der Waals surface area contributed by atoms with Crippen molar-refractivity contribution in [2.75, 3.05) is 33.4 Å². The van der Waals surface area contributed by atoms with Crippen LogP contribution in [0.3, 0.4) is 0 Å². The predicted molar refractivity (Wildman–Crippen MR) is 124 cm³/mol. The lowest BCUT2D eigenvalue weighted by Gasteiger charge is -2.40. The standard InChI is InChI=1S/C25H29ClN2O3/c1-30-13-5-4-11-25(29,23-17-27-12-14-31-23)20-8-6-9-21(26)24(20)19-15-18-7-2-3-10-22(18)28-16-19/h2-3,6-10,15-16,23,27,29H,4-5,11-14,17H2,1H3/t23-,25-/m1/s1. The molecule has 0 spiro atoms. The summed E-state index contributed by atoms with van der Waals surface area (Å²) in [5.41, 5.74) is 2.22. The molecule has 0 amide bonds. The second kappa shape index (κ2) is 10.1. The topological polar surface area (TPSA) is 63.6 Å². The fraction of sp³-hybridized carbons (Fsp3) is 0.400. The van der Waals surface area contributed by atoms with Crippen LogP contribution in [0.5, 0.6) is 0 Å². The number of hydrogen-bond donors (Lipinski definition) is 2. The van der Waals surface area contributed by atoms with E-state index in [9.17, 15) is 5.11 Å². The molecule has 1 saturated heterocycles. The smallest absolute Gasteiger partial charge is 0.118 e. The number of aromatic nitrogens is 1. The predicted octanol–water partition coefficient (Wildman–Crippen LogP) is 4.55. The summed E-state index contributed by atoms with van der Waals surface area (Å²) < 4.78 is 11.3. The quantitative estimate of drug-likeness (QED) is 0.503.